The molecule has 7 heteroatoms. The first-order chi connectivity index (χ1) is 9.63. The molecule has 2 aromatic heterocycles. The van der Waals surface area contributed by atoms with E-state index in [9.17, 15) is 9.59 Å². The van der Waals surface area contributed by atoms with E-state index in [1.807, 2.05) is 6.92 Å². The zero-order valence-corrected chi connectivity index (χ0v) is 11.1. The van der Waals surface area contributed by atoms with Gasteiger partial charge in [-0.15, -0.1) is 0 Å². The molecule has 7 nitrogen and oxygen atoms in total. The molecule has 0 radical (unpaired) electrons. The molecule has 0 fully saturated rings. The van der Waals surface area contributed by atoms with Gasteiger partial charge in [0.25, 0.3) is 5.91 Å². The molecular formula is C13H16N4O3. The van der Waals surface area contributed by atoms with Crippen LogP contribution >= 0.6 is 0 Å². The van der Waals surface area contributed by atoms with Gasteiger partial charge in [-0.05, 0) is 18.6 Å². The molecule has 0 aliphatic rings. The standard InChI is InChI=1S/C13H16N4O3/c1-2-3-5-10(13(19)20)16-12(18)9-8-15-17-11(9)6-4-7-14-17/h4,6-8,10H,2-3,5H2,1H3,(H,16,18)(H,19,20)/t10-/m0/s1. The second-order valence-corrected chi connectivity index (χ2v) is 4.46. The number of hydrogen-bond acceptors (Lipinski definition) is 4. The van der Waals surface area contributed by atoms with Crippen LogP contribution in [-0.2, 0) is 4.79 Å². The third-order valence-electron chi connectivity index (χ3n) is 3.00. The SMILES string of the molecule is CCCC[C@H](NC(=O)c1cnn2ncccc12)C(=O)O. The monoisotopic (exact) mass is 276 g/mol. The van der Waals surface area contributed by atoms with Crippen molar-refractivity contribution in [2.75, 3.05) is 0 Å². The van der Waals surface area contributed by atoms with Crippen molar-refractivity contribution in [3.05, 3.63) is 30.1 Å². The van der Waals surface area contributed by atoms with Crippen molar-refractivity contribution in [2.24, 2.45) is 0 Å². The first-order valence-corrected chi connectivity index (χ1v) is 6.46. The van der Waals surface area contributed by atoms with E-state index in [0.29, 0.717) is 17.5 Å². The lowest BCUT2D eigenvalue weighted by atomic mass is 10.1. The topological polar surface area (TPSA) is 96.6 Å². The highest BCUT2D eigenvalue weighted by Gasteiger charge is 2.22. The molecule has 0 aromatic carbocycles. The van der Waals surface area contributed by atoms with Gasteiger partial charge >= 0.3 is 5.97 Å². The Labute approximate surface area is 115 Å². The number of rotatable bonds is 6. The molecule has 2 heterocycles. The fourth-order valence-electron chi connectivity index (χ4n) is 1.91. The average molecular weight is 276 g/mol. The van der Waals surface area contributed by atoms with Crippen LogP contribution in [0.5, 0.6) is 0 Å². The predicted molar refractivity (Wildman–Crippen MR) is 71.4 cm³/mol. The molecule has 0 saturated carbocycles. The third-order valence-corrected chi connectivity index (χ3v) is 3.00. The maximum absolute atomic E-state index is 12.1. The van der Waals surface area contributed by atoms with E-state index in [-0.39, 0.29) is 0 Å². The largest absolute Gasteiger partial charge is 0.480 e. The number of hydrogen-bond donors (Lipinski definition) is 2. The Morgan fingerprint density at radius 3 is 2.95 bits per heavy atom. The smallest absolute Gasteiger partial charge is 0.326 e. The number of carboxylic acids is 1. The first kappa shape index (κ1) is 14.0. The Hall–Kier alpha value is -2.44. The van der Waals surface area contributed by atoms with Gasteiger partial charge in [-0.2, -0.15) is 14.8 Å². The van der Waals surface area contributed by atoms with E-state index in [2.05, 4.69) is 15.5 Å². The highest BCUT2D eigenvalue weighted by atomic mass is 16.4. The summed E-state index contributed by atoms with van der Waals surface area (Å²) >= 11 is 0. The van der Waals surface area contributed by atoms with Gasteiger partial charge in [0.05, 0.1) is 11.8 Å². The zero-order chi connectivity index (χ0) is 14.5. The van der Waals surface area contributed by atoms with Gasteiger partial charge in [-0.1, -0.05) is 19.8 Å². The van der Waals surface area contributed by atoms with Crippen LogP contribution in [0, 0.1) is 0 Å². The zero-order valence-electron chi connectivity index (χ0n) is 11.1. The number of carbonyl (C=O) groups excluding carboxylic acids is 1. The van der Waals surface area contributed by atoms with Crippen LogP contribution in [0.25, 0.3) is 5.52 Å². The maximum Gasteiger partial charge on any atom is 0.326 e. The van der Waals surface area contributed by atoms with Gasteiger partial charge in [0.1, 0.15) is 11.6 Å². The molecule has 0 aliphatic carbocycles. The highest BCUT2D eigenvalue weighted by molar-refractivity contribution is 6.02. The number of carboxylic acid groups (broad SMARTS) is 1. The number of aromatic nitrogens is 3. The van der Waals surface area contributed by atoms with E-state index >= 15 is 0 Å². The normalized spacial score (nSPS) is 12.2. The van der Waals surface area contributed by atoms with Crippen LogP contribution in [0.15, 0.2) is 24.5 Å². The molecule has 20 heavy (non-hydrogen) atoms. The van der Waals surface area contributed by atoms with Crippen LogP contribution in [0.1, 0.15) is 36.5 Å². The van der Waals surface area contributed by atoms with Crippen LogP contribution in [0.2, 0.25) is 0 Å². The summed E-state index contributed by atoms with van der Waals surface area (Å²) in [4.78, 5) is 23.3. The highest BCUT2D eigenvalue weighted by Crippen LogP contribution is 2.09. The van der Waals surface area contributed by atoms with Crippen molar-refractivity contribution in [1.82, 2.24) is 20.1 Å². The first-order valence-electron chi connectivity index (χ1n) is 6.46. The number of nitrogens with zero attached hydrogens (tertiary/aromatic N) is 3. The summed E-state index contributed by atoms with van der Waals surface area (Å²) in [5.74, 6) is -1.47. The number of fused-ring (bicyclic) bond motifs is 1. The summed E-state index contributed by atoms with van der Waals surface area (Å²) in [5.41, 5.74) is 0.866. The lowest BCUT2D eigenvalue weighted by Crippen LogP contribution is -2.40. The average Bonchev–Trinajstić information content (AvgIpc) is 2.87. The van der Waals surface area contributed by atoms with Crippen molar-refractivity contribution in [1.29, 1.82) is 0 Å². The summed E-state index contributed by atoms with van der Waals surface area (Å²) in [6, 6.07) is 2.52. The predicted octanol–water partition coefficient (Wildman–Crippen LogP) is 1.10. The molecule has 0 bridgehead atoms. The van der Waals surface area contributed by atoms with E-state index < -0.39 is 17.9 Å². The number of carbonyl (C=O) groups is 2. The number of nitrogens with one attached hydrogen (secondary N) is 1. The Morgan fingerprint density at radius 2 is 2.25 bits per heavy atom. The van der Waals surface area contributed by atoms with Crippen LogP contribution < -0.4 is 5.32 Å². The van der Waals surface area contributed by atoms with Gasteiger partial charge < -0.3 is 10.4 Å². The molecule has 1 atom stereocenters. The Bertz CT molecular complexity index is 623. The minimum atomic E-state index is -1.03. The molecule has 0 saturated heterocycles. The molecular weight excluding hydrogens is 260 g/mol. The van der Waals surface area contributed by atoms with E-state index in [4.69, 9.17) is 5.11 Å². The Morgan fingerprint density at radius 1 is 1.45 bits per heavy atom. The minimum Gasteiger partial charge on any atom is -0.480 e. The van der Waals surface area contributed by atoms with E-state index in [1.165, 1.54) is 10.8 Å². The van der Waals surface area contributed by atoms with Crippen molar-refractivity contribution in [2.45, 2.75) is 32.2 Å². The number of aliphatic carboxylic acids is 1. The van der Waals surface area contributed by atoms with Crippen molar-refractivity contribution in [3.8, 4) is 0 Å². The summed E-state index contributed by atoms with van der Waals surface area (Å²) in [7, 11) is 0. The Kier molecular flexibility index (Phi) is 4.29. The molecule has 2 aromatic rings. The Balaban J connectivity index is 2.16. The van der Waals surface area contributed by atoms with Gasteiger partial charge in [0, 0.05) is 6.20 Å². The maximum atomic E-state index is 12.1. The molecule has 0 spiro atoms. The second-order valence-electron chi connectivity index (χ2n) is 4.46. The minimum absolute atomic E-state index is 0.320. The number of unbranched alkanes of at least 4 members (excludes halogenated alkanes) is 1. The van der Waals surface area contributed by atoms with Gasteiger partial charge in [-0.25, -0.2) is 4.79 Å². The van der Waals surface area contributed by atoms with Crippen molar-refractivity contribution >= 4 is 17.4 Å². The van der Waals surface area contributed by atoms with Gasteiger partial charge in [-0.3, -0.25) is 4.79 Å². The summed E-state index contributed by atoms with van der Waals surface area (Å²) in [6.07, 6.45) is 4.97. The fourth-order valence-corrected chi connectivity index (χ4v) is 1.91. The third kappa shape index (κ3) is 2.93. The van der Waals surface area contributed by atoms with Crippen LogP contribution in [-0.4, -0.2) is 37.9 Å². The van der Waals surface area contributed by atoms with Crippen LogP contribution in [0.4, 0.5) is 0 Å². The molecule has 2 N–H and O–H groups in total. The summed E-state index contributed by atoms with van der Waals surface area (Å²) in [5, 5.41) is 19.5. The van der Waals surface area contributed by atoms with E-state index in [1.54, 1.807) is 18.3 Å². The van der Waals surface area contributed by atoms with Gasteiger partial charge in [0.15, 0.2) is 0 Å². The molecule has 1 amide bonds. The molecule has 2 rings (SSSR count). The van der Waals surface area contributed by atoms with Crippen molar-refractivity contribution in [3.63, 3.8) is 0 Å². The van der Waals surface area contributed by atoms with E-state index in [0.717, 1.165) is 12.8 Å². The summed E-state index contributed by atoms with van der Waals surface area (Å²) in [6.45, 7) is 1.97. The van der Waals surface area contributed by atoms with Crippen LogP contribution in [0.3, 0.4) is 0 Å². The van der Waals surface area contributed by atoms with Crippen molar-refractivity contribution < 1.29 is 14.7 Å². The molecule has 0 unspecified atom stereocenters. The molecule has 106 valence electrons. The lowest BCUT2D eigenvalue weighted by molar-refractivity contribution is -0.139. The second kappa shape index (κ2) is 6.14. The fraction of sp³-hybridized carbons (Fsp3) is 0.385. The quantitative estimate of drug-likeness (QED) is 0.823. The van der Waals surface area contributed by atoms with Gasteiger partial charge in [0.2, 0.25) is 0 Å². The summed E-state index contributed by atoms with van der Waals surface area (Å²) < 4.78 is 1.33. The number of amides is 1. The molecule has 0 aliphatic heterocycles. The lowest BCUT2D eigenvalue weighted by Gasteiger charge is -2.13.